The Morgan fingerprint density at radius 3 is 2.83 bits per heavy atom. The largest absolute Gasteiger partial charge is 0.376 e. The molecule has 5 heteroatoms. The van der Waals surface area contributed by atoms with Crippen molar-refractivity contribution in [3.8, 4) is 0 Å². The molecule has 1 aliphatic heterocycles. The van der Waals surface area contributed by atoms with E-state index in [2.05, 4.69) is 30.0 Å². The van der Waals surface area contributed by atoms with Gasteiger partial charge in [-0.3, -0.25) is 9.58 Å². The Kier molecular flexibility index (Phi) is 4.04. The van der Waals surface area contributed by atoms with Crippen LogP contribution in [0.4, 0.5) is 0 Å². The zero-order chi connectivity index (χ0) is 13.3. The maximum atomic E-state index is 6.00. The number of morpholine rings is 1. The Hall–Kier alpha value is -0.910. The Morgan fingerprint density at radius 1 is 1.56 bits per heavy atom. The average Bonchev–Trinajstić information content (AvgIpc) is 2.64. The van der Waals surface area contributed by atoms with E-state index in [4.69, 9.17) is 10.5 Å². The highest BCUT2D eigenvalue weighted by molar-refractivity contribution is 5.21. The van der Waals surface area contributed by atoms with Crippen molar-refractivity contribution in [2.45, 2.75) is 39.0 Å². The van der Waals surface area contributed by atoms with Gasteiger partial charge in [-0.05, 0) is 20.8 Å². The van der Waals surface area contributed by atoms with Crippen LogP contribution in [0.1, 0.15) is 31.1 Å². The molecule has 2 rings (SSSR count). The van der Waals surface area contributed by atoms with Crippen LogP contribution in [0.15, 0.2) is 6.20 Å². The van der Waals surface area contributed by atoms with Gasteiger partial charge in [0.05, 0.1) is 24.4 Å². The lowest BCUT2D eigenvalue weighted by molar-refractivity contribution is -0.0654. The molecular formula is C13H24N4O. The number of aromatic nitrogens is 2. The Balaban J connectivity index is 2.24. The average molecular weight is 252 g/mol. The molecule has 0 spiro atoms. The molecule has 5 nitrogen and oxygen atoms in total. The van der Waals surface area contributed by atoms with E-state index in [-0.39, 0.29) is 12.1 Å². The number of aryl methyl sites for hydroxylation is 2. The Bertz CT molecular complexity index is 404. The van der Waals surface area contributed by atoms with E-state index >= 15 is 0 Å². The number of ether oxygens (including phenoxy) is 1. The van der Waals surface area contributed by atoms with Gasteiger partial charge in [0, 0.05) is 37.9 Å². The van der Waals surface area contributed by atoms with Gasteiger partial charge >= 0.3 is 0 Å². The SMILES string of the molecule is Cc1nn(C)cc1C(CN)N1CC(C)OCC1C. The van der Waals surface area contributed by atoms with E-state index in [1.807, 2.05) is 18.7 Å². The maximum absolute atomic E-state index is 6.00. The molecule has 1 aromatic heterocycles. The van der Waals surface area contributed by atoms with E-state index in [9.17, 15) is 0 Å². The van der Waals surface area contributed by atoms with Crippen LogP contribution in [0.25, 0.3) is 0 Å². The van der Waals surface area contributed by atoms with Crippen molar-refractivity contribution in [1.82, 2.24) is 14.7 Å². The van der Waals surface area contributed by atoms with E-state index in [1.165, 1.54) is 5.56 Å². The summed E-state index contributed by atoms with van der Waals surface area (Å²) in [6.45, 7) is 8.67. The molecule has 0 bridgehead atoms. The molecule has 3 unspecified atom stereocenters. The van der Waals surface area contributed by atoms with Crippen LogP contribution >= 0.6 is 0 Å². The van der Waals surface area contributed by atoms with Crippen molar-refractivity contribution >= 4 is 0 Å². The highest BCUT2D eigenvalue weighted by atomic mass is 16.5. The summed E-state index contributed by atoms with van der Waals surface area (Å²) < 4.78 is 7.55. The van der Waals surface area contributed by atoms with Gasteiger partial charge in [0.25, 0.3) is 0 Å². The molecule has 0 amide bonds. The number of nitrogens with zero attached hydrogens (tertiary/aromatic N) is 3. The standard InChI is InChI=1S/C13H24N4O/c1-9-8-18-10(2)6-17(9)13(5-14)12-7-16(4)15-11(12)3/h7,9-10,13H,5-6,8,14H2,1-4H3. The fraction of sp³-hybridized carbons (Fsp3) is 0.769. The lowest BCUT2D eigenvalue weighted by atomic mass is 10.0. The summed E-state index contributed by atoms with van der Waals surface area (Å²) in [7, 11) is 1.95. The van der Waals surface area contributed by atoms with Crippen molar-refractivity contribution in [2.75, 3.05) is 19.7 Å². The first-order valence-corrected chi connectivity index (χ1v) is 6.60. The Labute approximate surface area is 109 Å². The van der Waals surface area contributed by atoms with Gasteiger partial charge in [0.15, 0.2) is 0 Å². The molecule has 1 aromatic rings. The van der Waals surface area contributed by atoms with E-state index < -0.39 is 0 Å². The molecule has 0 radical (unpaired) electrons. The van der Waals surface area contributed by atoms with Crippen molar-refractivity contribution in [3.05, 3.63) is 17.5 Å². The van der Waals surface area contributed by atoms with Gasteiger partial charge in [-0.1, -0.05) is 0 Å². The number of nitrogens with two attached hydrogens (primary N) is 1. The maximum Gasteiger partial charge on any atom is 0.0675 e. The lowest BCUT2D eigenvalue weighted by Crippen LogP contribution is -2.50. The predicted molar refractivity (Wildman–Crippen MR) is 71.3 cm³/mol. The molecule has 1 fully saturated rings. The third kappa shape index (κ3) is 2.58. The minimum Gasteiger partial charge on any atom is -0.376 e. The molecular weight excluding hydrogens is 228 g/mol. The molecule has 102 valence electrons. The zero-order valence-corrected chi connectivity index (χ0v) is 11.8. The molecule has 2 heterocycles. The monoisotopic (exact) mass is 252 g/mol. The van der Waals surface area contributed by atoms with Crippen molar-refractivity contribution in [1.29, 1.82) is 0 Å². The highest BCUT2D eigenvalue weighted by Crippen LogP contribution is 2.27. The topological polar surface area (TPSA) is 56.3 Å². The second kappa shape index (κ2) is 5.38. The Morgan fingerprint density at radius 2 is 2.28 bits per heavy atom. The fourth-order valence-electron chi connectivity index (χ4n) is 2.75. The van der Waals surface area contributed by atoms with Gasteiger partial charge in [-0.15, -0.1) is 0 Å². The predicted octanol–water partition coefficient (Wildman–Crippen LogP) is 0.838. The summed E-state index contributed by atoms with van der Waals surface area (Å²) >= 11 is 0. The second-order valence-electron chi connectivity index (χ2n) is 5.28. The van der Waals surface area contributed by atoms with Crippen LogP contribution in [0.2, 0.25) is 0 Å². The molecule has 0 aliphatic carbocycles. The fourth-order valence-corrected chi connectivity index (χ4v) is 2.75. The first-order valence-electron chi connectivity index (χ1n) is 6.60. The van der Waals surface area contributed by atoms with Gasteiger partial charge in [0.2, 0.25) is 0 Å². The summed E-state index contributed by atoms with van der Waals surface area (Å²) in [5.74, 6) is 0. The minimum atomic E-state index is 0.236. The van der Waals surface area contributed by atoms with Crippen LogP contribution in [0.3, 0.4) is 0 Å². The molecule has 1 aliphatic rings. The molecule has 2 N–H and O–H groups in total. The van der Waals surface area contributed by atoms with Crippen LogP contribution < -0.4 is 5.73 Å². The molecule has 18 heavy (non-hydrogen) atoms. The van der Waals surface area contributed by atoms with Gasteiger partial charge in [-0.25, -0.2) is 0 Å². The third-order valence-corrected chi connectivity index (χ3v) is 3.69. The lowest BCUT2D eigenvalue weighted by Gasteiger charge is -2.41. The highest BCUT2D eigenvalue weighted by Gasteiger charge is 2.31. The van der Waals surface area contributed by atoms with Gasteiger partial charge < -0.3 is 10.5 Å². The van der Waals surface area contributed by atoms with Crippen molar-refractivity contribution in [2.24, 2.45) is 12.8 Å². The van der Waals surface area contributed by atoms with Crippen LogP contribution in [-0.2, 0) is 11.8 Å². The number of rotatable bonds is 3. The first-order chi connectivity index (χ1) is 8.52. The van der Waals surface area contributed by atoms with Gasteiger partial charge in [-0.2, -0.15) is 5.10 Å². The van der Waals surface area contributed by atoms with Crippen molar-refractivity contribution in [3.63, 3.8) is 0 Å². The minimum absolute atomic E-state index is 0.236. The van der Waals surface area contributed by atoms with E-state index in [1.54, 1.807) is 0 Å². The van der Waals surface area contributed by atoms with E-state index in [0.717, 1.165) is 18.8 Å². The van der Waals surface area contributed by atoms with Crippen LogP contribution in [-0.4, -0.2) is 46.5 Å². The summed E-state index contributed by atoms with van der Waals surface area (Å²) in [4.78, 5) is 2.44. The summed E-state index contributed by atoms with van der Waals surface area (Å²) in [6.07, 6.45) is 2.35. The van der Waals surface area contributed by atoms with Gasteiger partial charge in [0.1, 0.15) is 0 Å². The third-order valence-electron chi connectivity index (χ3n) is 3.69. The molecule has 1 saturated heterocycles. The quantitative estimate of drug-likeness (QED) is 0.866. The molecule has 3 atom stereocenters. The number of hydrogen-bond acceptors (Lipinski definition) is 4. The smallest absolute Gasteiger partial charge is 0.0675 e. The zero-order valence-electron chi connectivity index (χ0n) is 11.8. The van der Waals surface area contributed by atoms with Crippen molar-refractivity contribution < 1.29 is 4.74 Å². The van der Waals surface area contributed by atoms with Crippen LogP contribution in [0.5, 0.6) is 0 Å². The van der Waals surface area contributed by atoms with Crippen LogP contribution in [0, 0.1) is 6.92 Å². The number of hydrogen-bond donors (Lipinski definition) is 1. The molecule has 0 saturated carbocycles. The first kappa shape index (κ1) is 13.5. The summed E-state index contributed by atoms with van der Waals surface area (Å²) in [5, 5.41) is 4.42. The summed E-state index contributed by atoms with van der Waals surface area (Å²) in [6, 6.07) is 0.634. The molecule has 0 aromatic carbocycles. The summed E-state index contributed by atoms with van der Waals surface area (Å²) in [5.41, 5.74) is 8.31. The normalized spacial score (nSPS) is 27.4. The van der Waals surface area contributed by atoms with E-state index in [0.29, 0.717) is 12.6 Å². The second-order valence-corrected chi connectivity index (χ2v) is 5.28.